The largest absolute Gasteiger partial charge is 0.355 e. The van der Waals surface area contributed by atoms with E-state index < -0.39 is 0 Å². The number of hydrogen-bond donors (Lipinski definition) is 1. The van der Waals surface area contributed by atoms with Gasteiger partial charge in [0.25, 0.3) is 0 Å². The summed E-state index contributed by atoms with van der Waals surface area (Å²) in [6, 6.07) is 9.09. The molecule has 0 spiro atoms. The van der Waals surface area contributed by atoms with Crippen LogP contribution in [0.25, 0.3) is 11.0 Å². The fraction of sp³-hybridized carbons (Fsp3) is 0.591. The number of piperidine rings is 2. The summed E-state index contributed by atoms with van der Waals surface area (Å²) in [5.74, 6) is 1.45. The van der Waals surface area contributed by atoms with Crippen LogP contribution in [0, 0.1) is 5.92 Å². The van der Waals surface area contributed by atoms with Crippen LogP contribution in [0.15, 0.2) is 30.5 Å². The second-order valence-corrected chi connectivity index (χ2v) is 8.55. The molecule has 3 aliphatic rings. The molecule has 2 saturated heterocycles. The number of anilines is 1. The Morgan fingerprint density at radius 1 is 1.00 bits per heavy atom. The molecule has 1 aliphatic carbocycles. The zero-order valence-corrected chi connectivity index (χ0v) is 16.4. The number of carbonyl (C=O) groups is 1. The van der Waals surface area contributed by atoms with Crippen molar-refractivity contribution in [2.45, 2.75) is 50.6 Å². The minimum absolute atomic E-state index is 0.179. The second kappa shape index (κ2) is 7.66. The van der Waals surface area contributed by atoms with Crippen molar-refractivity contribution in [3.05, 3.63) is 30.5 Å². The maximum atomic E-state index is 12.5. The Bertz CT molecular complexity index is 844. The van der Waals surface area contributed by atoms with Gasteiger partial charge in [-0.25, -0.2) is 4.98 Å². The summed E-state index contributed by atoms with van der Waals surface area (Å²) in [7, 11) is 0. The predicted molar refractivity (Wildman–Crippen MR) is 110 cm³/mol. The molecule has 1 N–H and O–H groups in total. The maximum Gasteiger partial charge on any atom is 0.224 e. The van der Waals surface area contributed by atoms with Gasteiger partial charge in [0.15, 0.2) is 0 Å². The summed E-state index contributed by atoms with van der Waals surface area (Å²) in [6.07, 6.45) is 8.68. The molecule has 0 radical (unpaired) electrons. The van der Waals surface area contributed by atoms with Gasteiger partial charge in [0.1, 0.15) is 5.82 Å². The Morgan fingerprint density at radius 3 is 2.57 bits per heavy atom. The molecule has 1 aromatic carbocycles. The van der Waals surface area contributed by atoms with E-state index in [4.69, 9.17) is 4.98 Å². The lowest BCUT2D eigenvalue weighted by atomic mass is 9.93. The topological polar surface area (TPSA) is 61.4 Å². The molecule has 148 valence electrons. The number of para-hydroxylation sites is 2. The van der Waals surface area contributed by atoms with Gasteiger partial charge < -0.3 is 10.2 Å². The van der Waals surface area contributed by atoms with Crippen molar-refractivity contribution in [1.82, 2.24) is 20.2 Å². The van der Waals surface area contributed by atoms with Gasteiger partial charge in [-0.2, -0.15) is 0 Å². The summed E-state index contributed by atoms with van der Waals surface area (Å²) in [6.45, 7) is 4.08. The third-order valence-corrected chi connectivity index (χ3v) is 6.49. The lowest BCUT2D eigenvalue weighted by molar-refractivity contribution is -0.127. The van der Waals surface area contributed by atoms with Crippen molar-refractivity contribution in [3.8, 4) is 0 Å². The van der Waals surface area contributed by atoms with Gasteiger partial charge in [-0.3, -0.25) is 14.7 Å². The number of nitrogens with zero attached hydrogens (tertiary/aromatic N) is 4. The van der Waals surface area contributed by atoms with Crippen molar-refractivity contribution < 1.29 is 4.79 Å². The van der Waals surface area contributed by atoms with Gasteiger partial charge in [-0.05, 0) is 57.2 Å². The van der Waals surface area contributed by atoms with Crippen molar-refractivity contribution >= 4 is 22.8 Å². The first-order chi connectivity index (χ1) is 13.8. The van der Waals surface area contributed by atoms with E-state index in [-0.39, 0.29) is 11.8 Å². The molecule has 0 bridgehead atoms. The highest BCUT2D eigenvalue weighted by molar-refractivity contribution is 5.79. The standard InChI is InChI=1S/C22H29N5O/c28-22(24-17-7-8-17)16-4-3-11-27(15-16)18-9-12-26(13-10-18)21-14-23-19-5-1-2-6-20(19)25-21/h1-2,5-6,14,16-18H,3-4,7-13,15H2,(H,24,28). The van der Waals surface area contributed by atoms with E-state index in [1.807, 2.05) is 30.5 Å². The first kappa shape index (κ1) is 17.9. The molecule has 6 heteroatoms. The Balaban J connectivity index is 1.18. The highest BCUT2D eigenvalue weighted by Crippen LogP contribution is 2.27. The van der Waals surface area contributed by atoms with E-state index in [1.54, 1.807) is 0 Å². The van der Waals surface area contributed by atoms with Crippen LogP contribution >= 0.6 is 0 Å². The first-order valence-corrected chi connectivity index (χ1v) is 10.8. The maximum absolute atomic E-state index is 12.5. The normalized spacial score (nSPS) is 24.4. The zero-order chi connectivity index (χ0) is 18.9. The summed E-state index contributed by atoms with van der Waals surface area (Å²) in [4.78, 5) is 26.8. The first-order valence-electron chi connectivity index (χ1n) is 10.8. The number of fused-ring (bicyclic) bond motifs is 1. The fourth-order valence-corrected chi connectivity index (χ4v) is 4.66. The van der Waals surface area contributed by atoms with Crippen LogP contribution < -0.4 is 10.2 Å². The Morgan fingerprint density at radius 2 is 1.79 bits per heavy atom. The molecular weight excluding hydrogens is 350 g/mol. The molecule has 3 heterocycles. The van der Waals surface area contributed by atoms with E-state index >= 15 is 0 Å². The van der Waals surface area contributed by atoms with Gasteiger partial charge in [0.05, 0.1) is 23.1 Å². The van der Waals surface area contributed by atoms with Crippen LogP contribution in [0.3, 0.4) is 0 Å². The van der Waals surface area contributed by atoms with E-state index in [9.17, 15) is 4.79 Å². The molecule has 2 aromatic rings. The smallest absolute Gasteiger partial charge is 0.224 e. The minimum atomic E-state index is 0.179. The average molecular weight is 380 g/mol. The van der Waals surface area contributed by atoms with Crippen LogP contribution in [-0.2, 0) is 4.79 Å². The fourth-order valence-electron chi connectivity index (χ4n) is 4.66. The molecule has 1 amide bonds. The van der Waals surface area contributed by atoms with Gasteiger partial charge in [0, 0.05) is 31.7 Å². The van der Waals surface area contributed by atoms with Crippen LogP contribution in [0.4, 0.5) is 5.82 Å². The molecule has 3 fully saturated rings. The Kier molecular flexibility index (Phi) is 4.89. The second-order valence-electron chi connectivity index (χ2n) is 8.55. The number of rotatable bonds is 4. The number of carbonyl (C=O) groups excluding carboxylic acids is 1. The lowest BCUT2D eigenvalue weighted by Gasteiger charge is -2.42. The quantitative estimate of drug-likeness (QED) is 0.885. The molecule has 1 atom stereocenters. The molecular formula is C22H29N5O. The van der Waals surface area contributed by atoms with Crippen LogP contribution in [0.1, 0.15) is 38.5 Å². The Labute approximate surface area is 166 Å². The third kappa shape index (κ3) is 3.83. The molecule has 28 heavy (non-hydrogen) atoms. The number of amides is 1. The number of nitrogens with one attached hydrogen (secondary N) is 1. The minimum Gasteiger partial charge on any atom is -0.355 e. The predicted octanol–water partition coefficient (Wildman–Crippen LogP) is 2.59. The number of likely N-dealkylation sites (tertiary alicyclic amines) is 1. The van der Waals surface area contributed by atoms with E-state index in [2.05, 4.69) is 20.1 Å². The number of aromatic nitrogens is 2. The monoisotopic (exact) mass is 379 g/mol. The van der Waals surface area contributed by atoms with Gasteiger partial charge in [-0.1, -0.05) is 12.1 Å². The van der Waals surface area contributed by atoms with Crippen molar-refractivity contribution in [2.75, 3.05) is 31.1 Å². The molecule has 6 nitrogen and oxygen atoms in total. The number of benzene rings is 1. The van der Waals surface area contributed by atoms with Crippen molar-refractivity contribution in [3.63, 3.8) is 0 Å². The van der Waals surface area contributed by atoms with Crippen LogP contribution in [-0.4, -0.2) is 59.0 Å². The highest BCUT2D eigenvalue weighted by Gasteiger charge is 2.33. The number of hydrogen-bond acceptors (Lipinski definition) is 5. The molecule has 2 aliphatic heterocycles. The summed E-state index contributed by atoms with van der Waals surface area (Å²) >= 11 is 0. The summed E-state index contributed by atoms with van der Waals surface area (Å²) in [5.41, 5.74) is 1.91. The lowest BCUT2D eigenvalue weighted by Crippen LogP contribution is -2.51. The average Bonchev–Trinajstić information content (AvgIpc) is 3.57. The summed E-state index contributed by atoms with van der Waals surface area (Å²) < 4.78 is 0. The van der Waals surface area contributed by atoms with Crippen LogP contribution in [0.5, 0.6) is 0 Å². The SMILES string of the molecule is O=C(NC1CC1)C1CCCN(C2CCN(c3cnc4ccccc4n3)CC2)C1. The molecule has 1 unspecified atom stereocenters. The molecule has 1 aromatic heterocycles. The molecule has 5 rings (SSSR count). The third-order valence-electron chi connectivity index (χ3n) is 6.49. The highest BCUT2D eigenvalue weighted by atomic mass is 16.2. The molecule has 1 saturated carbocycles. The van der Waals surface area contributed by atoms with E-state index in [0.29, 0.717) is 12.1 Å². The van der Waals surface area contributed by atoms with Gasteiger partial charge in [0.2, 0.25) is 5.91 Å². The summed E-state index contributed by atoms with van der Waals surface area (Å²) in [5, 5.41) is 3.20. The van der Waals surface area contributed by atoms with Crippen molar-refractivity contribution in [2.24, 2.45) is 5.92 Å². The Hall–Kier alpha value is -2.21. The van der Waals surface area contributed by atoms with Crippen LogP contribution in [0.2, 0.25) is 0 Å². The van der Waals surface area contributed by atoms with Gasteiger partial charge in [-0.15, -0.1) is 0 Å². The zero-order valence-electron chi connectivity index (χ0n) is 16.4. The van der Waals surface area contributed by atoms with E-state index in [1.165, 1.54) is 0 Å². The van der Waals surface area contributed by atoms with E-state index in [0.717, 1.165) is 81.6 Å². The van der Waals surface area contributed by atoms with Crippen molar-refractivity contribution in [1.29, 1.82) is 0 Å². The van der Waals surface area contributed by atoms with Gasteiger partial charge >= 0.3 is 0 Å².